The molecule has 2 N–H and O–H groups in total. The second kappa shape index (κ2) is 6.34. The van der Waals surface area contributed by atoms with Gasteiger partial charge in [0.2, 0.25) is 0 Å². The van der Waals surface area contributed by atoms with E-state index in [1.807, 2.05) is 0 Å². The van der Waals surface area contributed by atoms with Crippen molar-refractivity contribution in [3.63, 3.8) is 0 Å². The average molecular weight is 293 g/mol. The van der Waals surface area contributed by atoms with E-state index in [4.69, 9.17) is 16.7 Å². The van der Waals surface area contributed by atoms with Gasteiger partial charge in [0, 0.05) is 11.8 Å². The zero-order chi connectivity index (χ0) is 13.7. The Balaban J connectivity index is 2.16. The Morgan fingerprint density at radius 2 is 2.32 bits per heavy atom. The van der Waals surface area contributed by atoms with E-state index in [0.29, 0.717) is 21.3 Å². The van der Waals surface area contributed by atoms with Crippen molar-refractivity contribution in [3.05, 3.63) is 45.2 Å². The third-order valence-corrected chi connectivity index (χ3v) is 3.28. The predicted molar refractivity (Wildman–Crippen MR) is 75.5 cm³/mol. The number of halogens is 1. The van der Waals surface area contributed by atoms with Crippen molar-refractivity contribution < 1.29 is 9.90 Å². The summed E-state index contributed by atoms with van der Waals surface area (Å²) >= 11 is 7.00. The Hall–Kier alpha value is -1.87. The molecule has 0 saturated heterocycles. The molecule has 19 heavy (non-hydrogen) atoms. The molecule has 0 aliphatic heterocycles. The van der Waals surface area contributed by atoms with Gasteiger partial charge >= 0.3 is 0 Å². The zero-order valence-electron chi connectivity index (χ0n) is 9.68. The van der Waals surface area contributed by atoms with Crippen LogP contribution in [0.3, 0.4) is 0 Å². The number of hydrogen-bond donors (Lipinski definition) is 2. The summed E-state index contributed by atoms with van der Waals surface area (Å²) < 4.78 is 0. The second-order valence-corrected chi connectivity index (χ2v) is 4.79. The number of nitrogens with one attached hydrogen (secondary N) is 1. The maximum atomic E-state index is 12.0. The highest BCUT2D eigenvalue weighted by molar-refractivity contribution is 7.12. The van der Waals surface area contributed by atoms with Gasteiger partial charge < -0.3 is 10.4 Å². The van der Waals surface area contributed by atoms with E-state index in [0.717, 1.165) is 0 Å². The summed E-state index contributed by atoms with van der Waals surface area (Å²) in [4.78, 5) is 16.5. The zero-order valence-corrected chi connectivity index (χ0v) is 11.3. The molecule has 0 spiro atoms. The fourth-order valence-electron chi connectivity index (χ4n) is 1.34. The van der Waals surface area contributed by atoms with Crippen LogP contribution in [0.2, 0.25) is 5.02 Å². The number of aliphatic hydroxyl groups is 1. The van der Waals surface area contributed by atoms with Gasteiger partial charge in [-0.15, -0.1) is 11.3 Å². The lowest BCUT2D eigenvalue weighted by Crippen LogP contribution is -2.12. The molecule has 2 rings (SSSR count). The first kappa shape index (κ1) is 13.6. The molecule has 0 unspecified atom stereocenters. The molecule has 0 bridgehead atoms. The molecule has 0 atom stereocenters. The van der Waals surface area contributed by atoms with Crippen molar-refractivity contribution in [2.75, 3.05) is 11.9 Å². The van der Waals surface area contributed by atoms with Crippen molar-refractivity contribution in [1.29, 1.82) is 0 Å². The van der Waals surface area contributed by atoms with Crippen molar-refractivity contribution in [3.8, 4) is 11.8 Å². The molecular formula is C13H9ClN2O2S. The van der Waals surface area contributed by atoms with Crippen LogP contribution in [-0.2, 0) is 0 Å². The minimum atomic E-state index is -0.285. The van der Waals surface area contributed by atoms with Crippen LogP contribution in [0.4, 0.5) is 5.82 Å². The van der Waals surface area contributed by atoms with Gasteiger partial charge in [-0.3, -0.25) is 4.79 Å². The number of nitrogens with zero attached hydrogens (tertiary/aromatic N) is 1. The molecule has 6 heteroatoms. The van der Waals surface area contributed by atoms with Crippen molar-refractivity contribution in [2.24, 2.45) is 0 Å². The first-order valence-corrected chi connectivity index (χ1v) is 6.56. The Labute approximate surface area is 119 Å². The number of carbonyl (C=O) groups excluding carboxylic acids is 1. The number of carbonyl (C=O) groups is 1. The molecule has 4 nitrogen and oxygen atoms in total. The number of hydrogen-bond acceptors (Lipinski definition) is 4. The smallest absolute Gasteiger partial charge is 0.268 e. The summed E-state index contributed by atoms with van der Waals surface area (Å²) in [6.45, 7) is -0.240. The lowest BCUT2D eigenvalue weighted by Gasteiger charge is -2.02. The molecule has 1 amide bonds. The standard InChI is InChI=1S/C13H9ClN2O2S/c14-10-3-4-11(15-8-10)16-13(18)12-9(2-1-6-17)5-7-19-12/h3-5,7-8,17H,6H2,(H,15,16,18). The summed E-state index contributed by atoms with van der Waals surface area (Å²) in [5.41, 5.74) is 0.588. The second-order valence-electron chi connectivity index (χ2n) is 3.44. The molecule has 2 aromatic rings. The van der Waals surface area contributed by atoms with Gasteiger partial charge in [-0.05, 0) is 23.6 Å². The number of aromatic nitrogens is 1. The van der Waals surface area contributed by atoms with Crippen LogP contribution in [0.25, 0.3) is 0 Å². The van der Waals surface area contributed by atoms with Gasteiger partial charge in [0.15, 0.2) is 0 Å². The number of aliphatic hydroxyl groups excluding tert-OH is 1. The van der Waals surface area contributed by atoms with Gasteiger partial charge in [-0.25, -0.2) is 4.98 Å². The normalized spacial score (nSPS) is 9.58. The number of rotatable bonds is 2. The third-order valence-electron chi connectivity index (χ3n) is 2.14. The van der Waals surface area contributed by atoms with Crippen LogP contribution in [-0.4, -0.2) is 22.6 Å². The van der Waals surface area contributed by atoms with E-state index in [2.05, 4.69) is 22.1 Å². The third kappa shape index (κ3) is 3.55. The van der Waals surface area contributed by atoms with Gasteiger partial charge in [-0.1, -0.05) is 23.4 Å². The molecule has 2 heterocycles. The van der Waals surface area contributed by atoms with E-state index < -0.39 is 0 Å². The first-order chi connectivity index (χ1) is 9.20. The predicted octanol–water partition coefficient (Wildman–Crippen LogP) is 2.39. The molecule has 0 fully saturated rings. The number of thiophene rings is 1. The van der Waals surface area contributed by atoms with Crippen LogP contribution in [0, 0.1) is 11.8 Å². The van der Waals surface area contributed by atoms with Crippen LogP contribution in [0.1, 0.15) is 15.2 Å². The van der Waals surface area contributed by atoms with Crippen LogP contribution < -0.4 is 5.32 Å². The molecule has 0 saturated carbocycles. The molecular weight excluding hydrogens is 284 g/mol. The maximum Gasteiger partial charge on any atom is 0.268 e. The maximum absolute atomic E-state index is 12.0. The van der Waals surface area contributed by atoms with Crippen molar-refractivity contribution >= 4 is 34.7 Å². The van der Waals surface area contributed by atoms with Crippen LogP contribution in [0.5, 0.6) is 0 Å². The summed E-state index contributed by atoms with van der Waals surface area (Å²) in [7, 11) is 0. The monoisotopic (exact) mass is 292 g/mol. The van der Waals surface area contributed by atoms with E-state index in [-0.39, 0.29) is 12.5 Å². The first-order valence-electron chi connectivity index (χ1n) is 5.31. The Morgan fingerprint density at radius 3 is 3.00 bits per heavy atom. The lowest BCUT2D eigenvalue weighted by atomic mass is 10.2. The Kier molecular flexibility index (Phi) is 4.53. The summed E-state index contributed by atoms with van der Waals surface area (Å²) in [5, 5.41) is 13.6. The largest absolute Gasteiger partial charge is 0.384 e. The van der Waals surface area contributed by atoms with E-state index in [9.17, 15) is 4.79 Å². The number of amides is 1. The fourth-order valence-corrected chi connectivity index (χ4v) is 2.20. The van der Waals surface area contributed by atoms with E-state index in [1.54, 1.807) is 23.6 Å². The lowest BCUT2D eigenvalue weighted by molar-refractivity contribution is 0.103. The molecule has 2 aromatic heterocycles. The van der Waals surface area contributed by atoms with Gasteiger partial charge in [0.1, 0.15) is 17.3 Å². The molecule has 0 aromatic carbocycles. The molecule has 0 aliphatic rings. The Bertz CT molecular complexity index is 641. The van der Waals surface area contributed by atoms with Crippen LogP contribution >= 0.6 is 22.9 Å². The highest BCUT2D eigenvalue weighted by Gasteiger charge is 2.12. The average Bonchev–Trinajstić information content (AvgIpc) is 2.87. The highest BCUT2D eigenvalue weighted by Crippen LogP contribution is 2.18. The van der Waals surface area contributed by atoms with Crippen LogP contribution in [0.15, 0.2) is 29.8 Å². The number of anilines is 1. The van der Waals surface area contributed by atoms with E-state index in [1.165, 1.54) is 17.5 Å². The quantitative estimate of drug-likeness (QED) is 0.836. The van der Waals surface area contributed by atoms with E-state index >= 15 is 0 Å². The van der Waals surface area contributed by atoms with Crippen molar-refractivity contribution in [2.45, 2.75) is 0 Å². The fraction of sp³-hybridized carbons (Fsp3) is 0.0769. The Morgan fingerprint density at radius 1 is 1.47 bits per heavy atom. The van der Waals surface area contributed by atoms with Gasteiger partial charge in [0.25, 0.3) is 5.91 Å². The summed E-state index contributed by atoms with van der Waals surface area (Å²) in [5.74, 6) is 5.38. The van der Waals surface area contributed by atoms with Gasteiger partial charge in [-0.2, -0.15) is 0 Å². The summed E-state index contributed by atoms with van der Waals surface area (Å²) in [6, 6.07) is 5.00. The molecule has 0 radical (unpaired) electrons. The molecule has 96 valence electrons. The minimum absolute atomic E-state index is 0.240. The minimum Gasteiger partial charge on any atom is -0.384 e. The number of pyridine rings is 1. The summed E-state index contributed by atoms with van der Waals surface area (Å²) in [6.07, 6.45) is 1.46. The topological polar surface area (TPSA) is 62.2 Å². The van der Waals surface area contributed by atoms with Crippen molar-refractivity contribution in [1.82, 2.24) is 4.98 Å². The van der Waals surface area contributed by atoms with Gasteiger partial charge in [0.05, 0.1) is 5.02 Å². The SMILES string of the molecule is O=C(Nc1ccc(Cl)cn1)c1sccc1C#CCO. The molecule has 0 aliphatic carbocycles. The highest BCUT2D eigenvalue weighted by atomic mass is 35.5.